The van der Waals surface area contributed by atoms with Gasteiger partial charge in [-0.1, -0.05) is 6.92 Å². The highest BCUT2D eigenvalue weighted by Gasteiger charge is 2.58. The van der Waals surface area contributed by atoms with E-state index in [-0.39, 0.29) is 23.5 Å². The second-order valence-corrected chi connectivity index (χ2v) is 7.16. The van der Waals surface area contributed by atoms with Gasteiger partial charge < -0.3 is 14.7 Å². The molecule has 1 aliphatic heterocycles. The summed E-state index contributed by atoms with van der Waals surface area (Å²) in [5.74, 6) is 0. The van der Waals surface area contributed by atoms with Crippen molar-refractivity contribution in [2.45, 2.75) is 46.1 Å². The number of aliphatic hydroxyl groups excluding tert-OH is 1. The fourth-order valence-corrected chi connectivity index (χ4v) is 3.31. The molecule has 1 amide bonds. The Morgan fingerprint density at radius 3 is 2.29 bits per heavy atom. The van der Waals surface area contributed by atoms with Crippen LogP contribution in [0.4, 0.5) is 4.79 Å². The number of ether oxygens (including phenoxy) is 1. The summed E-state index contributed by atoms with van der Waals surface area (Å²) in [5.41, 5.74) is -0.0620. The largest absolute Gasteiger partial charge is 0.444 e. The lowest BCUT2D eigenvalue weighted by Crippen LogP contribution is -2.67. The molecule has 98 valence electrons. The van der Waals surface area contributed by atoms with Crippen LogP contribution in [0.2, 0.25) is 0 Å². The maximum absolute atomic E-state index is 11.8. The fourth-order valence-electron chi connectivity index (χ4n) is 3.31. The molecule has 2 aliphatic rings. The monoisotopic (exact) mass is 241 g/mol. The van der Waals surface area contributed by atoms with Crippen molar-refractivity contribution in [1.29, 1.82) is 0 Å². The summed E-state index contributed by atoms with van der Waals surface area (Å²) in [6, 6.07) is 0. The van der Waals surface area contributed by atoms with Crippen molar-refractivity contribution < 1.29 is 14.6 Å². The summed E-state index contributed by atoms with van der Waals surface area (Å²) in [6.07, 6.45) is 1.84. The van der Waals surface area contributed by atoms with Crippen LogP contribution in [0.1, 0.15) is 40.5 Å². The van der Waals surface area contributed by atoms with Crippen LogP contribution in [-0.2, 0) is 4.74 Å². The van der Waals surface area contributed by atoms with Gasteiger partial charge in [0.15, 0.2) is 0 Å². The minimum atomic E-state index is -0.418. The van der Waals surface area contributed by atoms with Gasteiger partial charge in [0.25, 0.3) is 0 Å². The first-order valence-corrected chi connectivity index (χ1v) is 6.26. The number of hydrogen-bond acceptors (Lipinski definition) is 3. The van der Waals surface area contributed by atoms with Crippen molar-refractivity contribution in [1.82, 2.24) is 4.90 Å². The zero-order valence-electron chi connectivity index (χ0n) is 11.2. The Labute approximate surface area is 103 Å². The number of aliphatic hydroxyl groups is 1. The third-order valence-electron chi connectivity index (χ3n) is 3.69. The first-order valence-electron chi connectivity index (χ1n) is 6.26. The molecule has 17 heavy (non-hydrogen) atoms. The van der Waals surface area contributed by atoms with Gasteiger partial charge in [-0.15, -0.1) is 0 Å². The Kier molecular flexibility index (Phi) is 2.69. The lowest BCUT2D eigenvalue weighted by molar-refractivity contribution is -0.146. The lowest BCUT2D eigenvalue weighted by Gasteiger charge is -2.62. The van der Waals surface area contributed by atoms with Gasteiger partial charge >= 0.3 is 6.09 Å². The van der Waals surface area contributed by atoms with E-state index in [0.717, 1.165) is 25.9 Å². The van der Waals surface area contributed by atoms with Gasteiger partial charge in [0.2, 0.25) is 0 Å². The number of nitrogens with zero attached hydrogens (tertiary/aromatic N) is 1. The molecule has 1 heterocycles. The Balaban J connectivity index is 1.79. The van der Waals surface area contributed by atoms with E-state index in [1.165, 1.54) is 0 Å². The highest BCUT2D eigenvalue weighted by Crippen LogP contribution is 2.58. The molecule has 1 saturated heterocycles. The third kappa shape index (κ3) is 2.41. The number of likely N-dealkylation sites (tertiary alicyclic amines) is 1. The van der Waals surface area contributed by atoms with Crippen LogP contribution < -0.4 is 0 Å². The van der Waals surface area contributed by atoms with Crippen molar-refractivity contribution in [2.75, 3.05) is 19.7 Å². The standard InChI is InChI=1S/C13H23NO3/c1-11(2,3)17-10(16)14-7-13(8-14)5-12(4,6-13)9-15/h15H,5-9H2,1-4H3. The summed E-state index contributed by atoms with van der Waals surface area (Å²) in [7, 11) is 0. The van der Waals surface area contributed by atoms with Crippen molar-refractivity contribution in [3.8, 4) is 0 Å². The SMILES string of the molecule is CC1(CO)CC2(CN(C(=O)OC(C)(C)C)C2)C1. The molecule has 0 unspecified atom stereocenters. The summed E-state index contributed by atoms with van der Waals surface area (Å²) in [5, 5.41) is 9.22. The Bertz CT molecular complexity index is 318. The molecule has 0 aromatic carbocycles. The number of carbonyl (C=O) groups is 1. The van der Waals surface area contributed by atoms with Crippen LogP contribution in [0.25, 0.3) is 0 Å². The van der Waals surface area contributed by atoms with Gasteiger partial charge in [0.1, 0.15) is 5.60 Å². The highest BCUT2D eigenvalue weighted by atomic mass is 16.6. The maximum atomic E-state index is 11.8. The minimum Gasteiger partial charge on any atom is -0.444 e. The first-order chi connectivity index (χ1) is 7.67. The molecule has 0 radical (unpaired) electrons. The molecule has 1 saturated carbocycles. The topological polar surface area (TPSA) is 49.8 Å². The quantitative estimate of drug-likeness (QED) is 0.764. The zero-order chi connectivity index (χ0) is 12.9. The Morgan fingerprint density at radius 1 is 1.35 bits per heavy atom. The maximum Gasteiger partial charge on any atom is 0.410 e. The van der Waals surface area contributed by atoms with Gasteiger partial charge in [0.05, 0.1) is 0 Å². The van der Waals surface area contributed by atoms with E-state index in [4.69, 9.17) is 4.74 Å². The van der Waals surface area contributed by atoms with Crippen LogP contribution in [-0.4, -0.2) is 41.4 Å². The van der Waals surface area contributed by atoms with E-state index in [0.29, 0.717) is 0 Å². The van der Waals surface area contributed by atoms with Crippen LogP contribution in [0, 0.1) is 10.8 Å². The van der Waals surface area contributed by atoms with Crippen LogP contribution in [0.5, 0.6) is 0 Å². The second kappa shape index (κ2) is 3.61. The van der Waals surface area contributed by atoms with Gasteiger partial charge in [0, 0.05) is 25.1 Å². The van der Waals surface area contributed by atoms with E-state index in [1.807, 2.05) is 20.8 Å². The highest BCUT2D eigenvalue weighted by molar-refractivity contribution is 5.69. The molecule has 1 aliphatic carbocycles. The molecule has 0 aromatic heterocycles. The van der Waals surface area contributed by atoms with Crippen LogP contribution in [0.3, 0.4) is 0 Å². The van der Waals surface area contributed by atoms with E-state index in [9.17, 15) is 9.90 Å². The van der Waals surface area contributed by atoms with Gasteiger partial charge in [-0.2, -0.15) is 0 Å². The average Bonchev–Trinajstić information content (AvgIpc) is 2.05. The summed E-state index contributed by atoms with van der Waals surface area (Å²) < 4.78 is 5.32. The molecule has 0 aromatic rings. The third-order valence-corrected chi connectivity index (χ3v) is 3.69. The van der Waals surface area contributed by atoms with E-state index in [2.05, 4.69) is 6.92 Å². The number of carbonyl (C=O) groups excluding carboxylic acids is 1. The summed E-state index contributed by atoms with van der Waals surface area (Å²) in [4.78, 5) is 13.5. The summed E-state index contributed by atoms with van der Waals surface area (Å²) >= 11 is 0. The second-order valence-electron chi connectivity index (χ2n) is 7.16. The van der Waals surface area contributed by atoms with Crippen molar-refractivity contribution in [2.24, 2.45) is 10.8 Å². The Hall–Kier alpha value is -0.770. The molecule has 1 spiro atoms. The molecule has 4 nitrogen and oxygen atoms in total. The van der Waals surface area contributed by atoms with Crippen molar-refractivity contribution in [3.05, 3.63) is 0 Å². The Morgan fingerprint density at radius 2 is 1.88 bits per heavy atom. The molecular formula is C13H23NO3. The molecule has 0 bridgehead atoms. The summed E-state index contributed by atoms with van der Waals surface area (Å²) in [6.45, 7) is 9.58. The molecule has 1 N–H and O–H groups in total. The van der Waals surface area contributed by atoms with Gasteiger partial charge in [-0.3, -0.25) is 0 Å². The van der Waals surface area contributed by atoms with Gasteiger partial charge in [-0.25, -0.2) is 4.79 Å². The van der Waals surface area contributed by atoms with Crippen molar-refractivity contribution in [3.63, 3.8) is 0 Å². The first kappa shape index (κ1) is 12.7. The molecule has 0 atom stereocenters. The van der Waals surface area contributed by atoms with E-state index in [1.54, 1.807) is 4.90 Å². The van der Waals surface area contributed by atoms with Gasteiger partial charge in [-0.05, 0) is 39.0 Å². The molecular weight excluding hydrogens is 218 g/mol. The fraction of sp³-hybridized carbons (Fsp3) is 0.923. The lowest BCUT2D eigenvalue weighted by atomic mass is 9.51. The smallest absolute Gasteiger partial charge is 0.410 e. The number of amides is 1. The number of rotatable bonds is 1. The minimum absolute atomic E-state index is 0.0834. The predicted octanol–water partition coefficient (Wildman–Crippen LogP) is 2.02. The van der Waals surface area contributed by atoms with E-state index >= 15 is 0 Å². The number of hydrogen-bond donors (Lipinski definition) is 1. The zero-order valence-corrected chi connectivity index (χ0v) is 11.2. The van der Waals surface area contributed by atoms with E-state index < -0.39 is 5.60 Å². The predicted molar refractivity (Wildman–Crippen MR) is 64.7 cm³/mol. The molecule has 4 heteroatoms. The molecule has 2 rings (SSSR count). The average molecular weight is 241 g/mol. The normalized spacial score (nSPS) is 25.1. The van der Waals surface area contributed by atoms with Crippen LogP contribution in [0.15, 0.2) is 0 Å². The van der Waals surface area contributed by atoms with Crippen LogP contribution >= 0.6 is 0 Å². The molecule has 2 fully saturated rings. The van der Waals surface area contributed by atoms with Crippen molar-refractivity contribution >= 4 is 6.09 Å².